The first-order valence-corrected chi connectivity index (χ1v) is 8.15. The Morgan fingerprint density at radius 3 is 3.00 bits per heavy atom. The van der Waals surface area contributed by atoms with E-state index in [-0.39, 0.29) is 5.69 Å². The van der Waals surface area contributed by atoms with Crippen molar-refractivity contribution in [1.82, 2.24) is 24.2 Å². The third-order valence-corrected chi connectivity index (χ3v) is 4.74. The van der Waals surface area contributed by atoms with Crippen molar-refractivity contribution in [1.29, 1.82) is 0 Å². The highest BCUT2D eigenvalue weighted by molar-refractivity contribution is 5.84. The van der Waals surface area contributed by atoms with Gasteiger partial charge < -0.3 is 9.72 Å². The van der Waals surface area contributed by atoms with Gasteiger partial charge in [0.1, 0.15) is 11.6 Å². The molecule has 2 aromatic heterocycles. The van der Waals surface area contributed by atoms with Gasteiger partial charge in [-0.25, -0.2) is 9.48 Å². The number of hydrogen-bond donors (Lipinski definition) is 1. The first kappa shape index (κ1) is 15.0. The van der Waals surface area contributed by atoms with E-state index in [1.54, 1.807) is 18.7 Å². The lowest BCUT2D eigenvalue weighted by molar-refractivity contribution is 0.270. The van der Waals surface area contributed by atoms with E-state index in [0.717, 1.165) is 43.1 Å². The van der Waals surface area contributed by atoms with Crippen LogP contribution in [0, 0.1) is 0 Å². The van der Waals surface area contributed by atoms with Crippen LogP contribution in [0.5, 0.6) is 5.75 Å². The molecule has 0 fully saturated rings. The van der Waals surface area contributed by atoms with Gasteiger partial charge >= 0.3 is 5.69 Å². The van der Waals surface area contributed by atoms with E-state index < -0.39 is 0 Å². The Morgan fingerprint density at radius 2 is 2.17 bits per heavy atom. The van der Waals surface area contributed by atoms with Gasteiger partial charge in [0.2, 0.25) is 0 Å². The minimum Gasteiger partial charge on any atom is -0.497 e. The Hall–Kier alpha value is -2.54. The zero-order chi connectivity index (χ0) is 16.7. The molecule has 1 aromatic carbocycles. The van der Waals surface area contributed by atoms with Crippen molar-refractivity contribution in [2.75, 3.05) is 20.2 Å². The first-order valence-electron chi connectivity index (χ1n) is 8.15. The van der Waals surface area contributed by atoms with Crippen molar-refractivity contribution >= 4 is 10.9 Å². The fraction of sp³-hybridized carbons (Fsp3) is 0.412. The Balaban J connectivity index is 1.55. The third-order valence-electron chi connectivity index (χ3n) is 4.74. The topological polar surface area (TPSA) is 68.1 Å². The maximum absolute atomic E-state index is 12.1. The first-order chi connectivity index (χ1) is 11.7. The maximum Gasteiger partial charge on any atom is 0.345 e. The number of benzene rings is 1. The van der Waals surface area contributed by atoms with E-state index in [4.69, 9.17) is 4.74 Å². The van der Waals surface area contributed by atoms with Crippen molar-refractivity contribution < 1.29 is 4.74 Å². The molecule has 126 valence electrons. The van der Waals surface area contributed by atoms with Crippen molar-refractivity contribution in [3.63, 3.8) is 0 Å². The number of hydrogen-bond acceptors (Lipinski definition) is 4. The highest BCUT2D eigenvalue weighted by atomic mass is 16.5. The van der Waals surface area contributed by atoms with Gasteiger partial charge in [-0.05, 0) is 23.8 Å². The lowest BCUT2D eigenvalue weighted by Crippen LogP contribution is -2.29. The van der Waals surface area contributed by atoms with Gasteiger partial charge in [0.25, 0.3) is 0 Å². The molecule has 1 N–H and O–H groups in total. The van der Waals surface area contributed by atoms with Crippen LogP contribution in [0.15, 0.2) is 29.2 Å². The fourth-order valence-electron chi connectivity index (χ4n) is 3.39. The zero-order valence-corrected chi connectivity index (χ0v) is 14.0. The number of fused-ring (bicyclic) bond motifs is 2. The van der Waals surface area contributed by atoms with Crippen LogP contribution in [0.2, 0.25) is 0 Å². The Morgan fingerprint density at radius 1 is 1.29 bits per heavy atom. The minimum absolute atomic E-state index is 0.0244. The summed E-state index contributed by atoms with van der Waals surface area (Å²) in [6.07, 6.45) is 2.86. The molecule has 4 rings (SSSR count). The number of aromatic nitrogens is 4. The van der Waals surface area contributed by atoms with Crippen molar-refractivity contribution in [2.24, 2.45) is 7.05 Å². The molecule has 24 heavy (non-hydrogen) atoms. The van der Waals surface area contributed by atoms with Crippen LogP contribution in [-0.2, 0) is 26.6 Å². The fourth-order valence-corrected chi connectivity index (χ4v) is 3.39. The predicted octanol–water partition coefficient (Wildman–Crippen LogP) is 1.13. The Labute approximate surface area is 139 Å². The number of H-pyrrole nitrogens is 1. The molecule has 1 aliphatic heterocycles. The molecule has 0 saturated carbocycles. The lowest BCUT2D eigenvalue weighted by Gasteiger charge is -2.19. The number of ether oxygens (including phenoxy) is 1. The SMILES string of the molecule is COc1ccc2[nH]cc(CN3CCc4nn(C)c(=O)n4CC3)c2c1. The number of nitrogens with one attached hydrogen (secondary N) is 1. The molecule has 0 bridgehead atoms. The molecule has 7 heteroatoms. The number of aryl methyl sites for hydroxylation is 1. The molecule has 7 nitrogen and oxygen atoms in total. The quantitative estimate of drug-likeness (QED) is 0.783. The molecule has 0 saturated heterocycles. The number of methoxy groups -OCH3 is 1. The molecular formula is C17H21N5O2. The monoisotopic (exact) mass is 327 g/mol. The van der Waals surface area contributed by atoms with E-state index in [1.807, 2.05) is 12.1 Å². The smallest absolute Gasteiger partial charge is 0.345 e. The zero-order valence-electron chi connectivity index (χ0n) is 14.0. The largest absolute Gasteiger partial charge is 0.497 e. The standard InChI is InChI=1S/C17H21N5O2/c1-20-17(23)22-8-7-21(6-5-16(22)19-20)11-12-10-18-15-4-3-13(24-2)9-14(12)15/h3-4,9-10,18H,5-8,11H2,1-2H3. The average Bonchev–Trinajstić information content (AvgIpc) is 3.03. The molecule has 0 atom stereocenters. The van der Waals surface area contributed by atoms with Crippen LogP contribution >= 0.6 is 0 Å². The summed E-state index contributed by atoms with van der Waals surface area (Å²) in [6.45, 7) is 3.27. The molecular weight excluding hydrogens is 306 g/mol. The summed E-state index contributed by atoms with van der Waals surface area (Å²) in [5.41, 5.74) is 2.34. The van der Waals surface area contributed by atoms with Gasteiger partial charge in [-0.1, -0.05) is 0 Å². The van der Waals surface area contributed by atoms with Crippen LogP contribution < -0.4 is 10.4 Å². The van der Waals surface area contributed by atoms with Gasteiger partial charge in [-0.2, -0.15) is 5.10 Å². The summed E-state index contributed by atoms with van der Waals surface area (Å²) in [5, 5.41) is 5.52. The molecule has 3 aromatic rings. The molecule has 0 unspecified atom stereocenters. The number of rotatable bonds is 3. The highest BCUT2D eigenvalue weighted by Crippen LogP contribution is 2.25. The maximum atomic E-state index is 12.1. The summed E-state index contributed by atoms with van der Waals surface area (Å²) in [5.74, 6) is 1.74. The van der Waals surface area contributed by atoms with Crippen LogP contribution in [0.3, 0.4) is 0 Å². The van der Waals surface area contributed by atoms with Crippen molar-refractivity contribution in [3.8, 4) is 5.75 Å². The predicted molar refractivity (Wildman–Crippen MR) is 91.3 cm³/mol. The second kappa shape index (κ2) is 5.83. The highest BCUT2D eigenvalue weighted by Gasteiger charge is 2.19. The second-order valence-electron chi connectivity index (χ2n) is 6.23. The van der Waals surface area contributed by atoms with E-state index >= 15 is 0 Å². The summed E-state index contributed by atoms with van der Waals surface area (Å²) in [7, 11) is 3.39. The van der Waals surface area contributed by atoms with E-state index in [2.05, 4.69) is 27.2 Å². The summed E-state index contributed by atoms with van der Waals surface area (Å²) in [6, 6.07) is 6.07. The lowest BCUT2D eigenvalue weighted by atomic mass is 10.1. The van der Waals surface area contributed by atoms with Gasteiger partial charge in [0.15, 0.2) is 0 Å². The van der Waals surface area contributed by atoms with Crippen LogP contribution in [0.25, 0.3) is 10.9 Å². The van der Waals surface area contributed by atoms with E-state index in [0.29, 0.717) is 6.54 Å². The van der Waals surface area contributed by atoms with E-state index in [9.17, 15) is 4.79 Å². The summed E-state index contributed by atoms with van der Waals surface area (Å²) in [4.78, 5) is 17.8. The van der Waals surface area contributed by atoms with Crippen LogP contribution in [0.4, 0.5) is 0 Å². The molecule has 0 amide bonds. The molecule has 0 radical (unpaired) electrons. The van der Waals surface area contributed by atoms with Crippen molar-refractivity contribution in [3.05, 3.63) is 46.3 Å². The Kier molecular flexibility index (Phi) is 3.65. The normalized spacial score (nSPS) is 15.4. The van der Waals surface area contributed by atoms with Crippen LogP contribution in [0.1, 0.15) is 11.4 Å². The second-order valence-corrected chi connectivity index (χ2v) is 6.23. The number of nitrogens with zero attached hydrogens (tertiary/aromatic N) is 4. The Bertz CT molecular complexity index is 936. The molecule has 0 spiro atoms. The van der Waals surface area contributed by atoms with Gasteiger partial charge in [0, 0.05) is 56.7 Å². The minimum atomic E-state index is -0.0244. The molecule has 0 aliphatic carbocycles. The number of aromatic amines is 1. The van der Waals surface area contributed by atoms with Gasteiger partial charge in [0.05, 0.1) is 7.11 Å². The van der Waals surface area contributed by atoms with Gasteiger partial charge in [-0.3, -0.25) is 9.47 Å². The van der Waals surface area contributed by atoms with Gasteiger partial charge in [-0.15, -0.1) is 0 Å². The average molecular weight is 327 g/mol. The van der Waals surface area contributed by atoms with Crippen molar-refractivity contribution in [2.45, 2.75) is 19.5 Å². The molecule has 3 heterocycles. The summed E-state index contributed by atoms with van der Waals surface area (Å²) < 4.78 is 8.55. The summed E-state index contributed by atoms with van der Waals surface area (Å²) >= 11 is 0. The van der Waals surface area contributed by atoms with E-state index in [1.165, 1.54) is 15.6 Å². The third kappa shape index (κ3) is 2.50. The molecule has 1 aliphatic rings. The van der Waals surface area contributed by atoms with Crippen LogP contribution in [-0.4, -0.2) is 44.4 Å².